The predicted molar refractivity (Wildman–Crippen MR) is 71.5 cm³/mol. The Hall–Kier alpha value is -2.25. The molecule has 3 heterocycles. The standard InChI is InChI=1S/C12H10ClN5O2/c13-8-1-2-11-14-9(3-12(20)18(11)4-8)5-17-6-10(7-19)15-16-17/h1-4,6,19H,5,7H2. The van der Waals surface area contributed by atoms with Gasteiger partial charge in [-0.1, -0.05) is 16.8 Å². The first-order chi connectivity index (χ1) is 9.65. The fraction of sp³-hybridized carbons (Fsp3) is 0.167. The Bertz CT molecular complexity index is 826. The van der Waals surface area contributed by atoms with Crippen LogP contribution in [0.5, 0.6) is 0 Å². The number of rotatable bonds is 3. The second-order valence-electron chi connectivity index (χ2n) is 4.23. The number of nitrogens with zero attached hydrogens (tertiary/aromatic N) is 5. The molecule has 0 atom stereocenters. The lowest BCUT2D eigenvalue weighted by Gasteiger charge is -2.04. The molecule has 0 fully saturated rings. The maximum atomic E-state index is 12.0. The third kappa shape index (κ3) is 2.40. The van der Waals surface area contributed by atoms with Gasteiger partial charge in [0.15, 0.2) is 0 Å². The topological polar surface area (TPSA) is 85.3 Å². The summed E-state index contributed by atoms with van der Waals surface area (Å²) in [6.45, 7) is 0.133. The molecule has 3 rings (SSSR count). The molecule has 7 nitrogen and oxygen atoms in total. The zero-order valence-electron chi connectivity index (χ0n) is 10.3. The van der Waals surface area contributed by atoms with Gasteiger partial charge in [-0.15, -0.1) is 5.10 Å². The van der Waals surface area contributed by atoms with E-state index in [4.69, 9.17) is 16.7 Å². The van der Waals surface area contributed by atoms with E-state index < -0.39 is 0 Å². The number of hydrogen-bond acceptors (Lipinski definition) is 5. The number of aliphatic hydroxyl groups is 1. The summed E-state index contributed by atoms with van der Waals surface area (Å²) in [5, 5.41) is 17.0. The lowest BCUT2D eigenvalue weighted by atomic mass is 10.3. The molecule has 0 aliphatic carbocycles. The smallest absolute Gasteiger partial charge is 0.258 e. The zero-order chi connectivity index (χ0) is 14.1. The van der Waals surface area contributed by atoms with E-state index in [1.807, 2.05) is 0 Å². The first-order valence-corrected chi connectivity index (χ1v) is 6.21. The molecule has 0 aliphatic heterocycles. The van der Waals surface area contributed by atoms with Gasteiger partial charge in [0.25, 0.3) is 5.56 Å². The zero-order valence-corrected chi connectivity index (χ0v) is 11.0. The van der Waals surface area contributed by atoms with E-state index in [1.54, 1.807) is 18.3 Å². The minimum Gasteiger partial charge on any atom is -0.390 e. The number of aliphatic hydroxyl groups excluding tert-OH is 1. The third-order valence-electron chi connectivity index (χ3n) is 2.75. The third-order valence-corrected chi connectivity index (χ3v) is 2.97. The van der Waals surface area contributed by atoms with E-state index >= 15 is 0 Å². The fourth-order valence-electron chi connectivity index (χ4n) is 1.86. The van der Waals surface area contributed by atoms with Crippen molar-refractivity contribution in [3.63, 3.8) is 0 Å². The van der Waals surface area contributed by atoms with E-state index in [0.717, 1.165) is 0 Å². The van der Waals surface area contributed by atoms with Gasteiger partial charge >= 0.3 is 0 Å². The Morgan fingerprint density at radius 1 is 1.25 bits per heavy atom. The molecule has 0 aliphatic rings. The molecule has 0 aromatic carbocycles. The summed E-state index contributed by atoms with van der Waals surface area (Å²) >= 11 is 5.85. The molecule has 0 bridgehead atoms. The molecule has 102 valence electrons. The Kier molecular flexibility index (Phi) is 3.21. The van der Waals surface area contributed by atoms with Crippen molar-refractivity contribution < 1.29 is 5.11 Å². The Labute approximate surface area is 118 Å². The molecule has 0 spiro atoms. The Morgan fingerprint density at radius 3 is 2.85 bits per heavy atom. The van der Waals surface area contributed by atoms with Crippen LogP contribution in [0.4, 0.5) is 0 Å². The van der Waals surface area contributed by atoms with Gasteiger partial charge in [-0.2, -0.15) is 0 Å². The Morgan fingerprint density at radius 2 is 2.10 bits per heavy atom. The highest BCUT2D eigenvalue weighted by Crippen LogP contribution is 2.08. The quantitative estimate of drug-likeness (QED) is 0.758. The monoisotopic (exact) mass is 291 g/mol. The van der Waals surface area contributed by atoms with Crippen LogP contribution in [0.1, 0.15) is 11.4 Å². The average Bonchev–Trinajstić information content (AvgIpc) is 2.87. The summed E-state index contributed by atoms with van der Waals surface area (Å²) in [6.07, 6.45) is 3.13. The van der Waals surface area contributed by atoms with Crippen molar-refractivity contribution in [1.29, 1.82) is 0 Å². The van der Waals surface area contributed by atoms with Gasteiger partial charge in [0.05, 0.1) is 30.1 Å². The fourth-order valence-corrected chi connectivity index (χ4v) is 2.02. The second-order valence-corrected chi connectivity index (χ2v) is 4.66. The number of aromatic nitrogens is 5. The lowest BCUT2D eigenvalue weighted by Crippen LogP contribution is -2.16. The molecule has 0 saturated carbocycles. The van der Waals surface area contributed by atoms with Gasteiger partial charge < -0.3 is 5.11 Å². The summed E-state index contributed by atoms with van der Waals surface area (Å²) in [4.78, 5) is 16.3. The Balaban J connectivity index is 2.00. The van der Waals surface area contributed by atoms with E-state index in [2.05, 4.69) is 15.3 Å². The van der Waals surface area contributed by atoms with Gasteiger partial charge in [-0.05, 0) is 12.1 Å². The van der Waals surface area contributed by atoms with Crippen molar-refractivity contribution in [2.75, 3.05) is 0 Å². The molecular weight excluding hydrogens is 282 g/mol. The molecule has 8 heteroatoms. The van der Waals surface area contributed by atoms with Crippen LogP contribution in [-0.4, -0.2) is 29.5 Å². The minimum absolute atomic E-state index is 0.174. The number of hydrogen-bond donors (Lipinski definition) is 1. The van der Waals surface area contributed by atoms with Crippen LogP contribution in [-0.2, 0) is 13.2 Å². The SMILES string of the molecule is O=c1cc(Cn2cc(CO)nn2)nc2ccc(Cl)cn12. The van der Waals surface area contributed by atoms with Crippen LogP contribution < -0.4 is 5.56 Å². The van der Waals surface area contributed by atoms with Crippen molar-refractivity contribution in [3.8, 4) is 0 Å². The van der Waals surface area contributed by atoms with Crippen LogP contribution in [0.25, 0.3) is 5.65 Å². The maximum Gasteiger partial charge on any atom is 0.258 e. The lowest BCUT2D eigenvalue weighted by molar-refractivity contribution is 0.276. The van der Waals surface area contributed by atoms with Crippen LogP contribution in [0.15, 0.2) is 35.4 Å². The summed E-state index contributed by atoms with van der Waals surface area (Å²) in [7, 11) is 0. The molecule has 0 unspecified atom stereocenters. The molecule has 1 N–H and O–H groups in total. The molecule has 0 saturated heterocycles. The molecule has 0 radical (unpaired) electrons. The van der Waals surface area contributed by atoms with Gasteiger partial charge in [-0.25, -0.2) is 9.67 Å². The molecule has 3 aromatic heterocycles. The maximum absolute atomic E-state index is 12.0. The van der Waals surface area contributed by atoms with Crippen LogP contribution in [0.3, 0.4) is 0 Å². The van der Waals surface area contributed by atoms with Crippen molar-refractivity contribution in [3.05, 3.63) is 57.4 Å². The van der Waals surface area contributed by atoms with E-state index in [0.29, 0.717) is 28.6 Å². The highest BCUT2D eigenvalue weighted by atomic mass is 35.5. The van der Waals surface area contributed by atoms with Gasteiger partial charge in [0, 0.05) is 12.3 Å². The number of halogens is 1. The summed E-state index contributed by atoms with van der Waals surface area (Å²) < 4.78 is 2.89. The van der Waals surface area contributed by atoms with Crippen LogP contribution in [0.2, 0.25) is 5.02 Å². The van der Waals surface area contributed by atoms with E-state index in [9.17, 15) is 4.79 Å². The molecule has 20 heavy (non-hydrogen) atoms. The summed E-state index contributed by atoms with van der Waals surface area (Å²) in [5.41, 5.74) is 1.33. The average molecular weight is 292 g/mol. The van der Waals surface area contributed by atoms with Gasteiger partial charge in [-0.3, -0.25) is 9.20 Å². The number of fused-ring (bicyclic) bond motifs is 1. The van der Waals surface area contributed by atoms with E-state index in [-0.39, 0.29) is 12.2 Å². The molecular formula is C12H10ClN5O2. The van der Waals surface area contributed by atoms with Gasteiger partial charge in [0.2, 0.25) is 0 Å². The van der Waals surface area contributed by atoms with Crippen LogP contribution >= 0.6 is 11.6 Å². The molecule has 3 aromatic rings. The van der Waals surface area contributed by atoms with Crippen molar-refractivity contribution in [1.82, 2.24) is 24.4 Å². The summed E-state index contributed by atoms with van der Waals surface area (Å²) in [6, 6.07) is 4.77. The highest BCUT2D eigenvalue weighted by Gasteiger charge is 2.05. The van der Waals surface area contributed by atoms with Crippen LogP contribution in [0, 0.1) is 0 Å². The van der Waals surface area contributed by atoms with Crippen molar-refractivity contribution in [2.24, 2.45) is 0 Å². The highest BCUT2D eigenvalue weighted by molar-refractivity contribution is 6.30. The first kappa shape index (κ1) is 12.8. The normalized spacial score (nSPS) is 11.1. The largest absolute Gasteiger partial charge is 0.390 e. The predicted octanol–water partition coefficient (Wildman–Crippen LogP) is 0.480. The number of pyridine rings is 1. The van der Waals surface area contributed by atoms with E-state index in [1.165, 1.54) is 21.3 Å². The van der Waals surface area contributed by atoms with Crippen molar-refractivity contribution >= 4 is 17.2 Å². The summed E-state index contributed by atoms with van der Waals surface area (Å²) in [5.74, 6) is 0. The van der Waals surface area contributed by atoms with Gasteiger partial charge in [0.1, 0.15) is 11.3 Å². The molecule has 0 amide bonds. The second kappa shape index (κ2) is 5.03. The van der Waals surface area contributed by atoms with Crippen molar-refractivity contribution in [2.45, 2.75) is 13.2 Å². The first-order valence-electron chi connectivity index (χ1n) is 5.83. The minimum atomic E-state index is -0.213.